The zero-order valence-electron chi connectivity index (χ0n) is 17.2. The van der Waals surface area contributed by atoms with E-state index in [1.165, 1.54) is 24.8 Å². The molecule has 0 atom stereocenters. The molecule has 0 radical (unpaired) electrons. The van der Waals surface area contributed by atoms with Gasteiger partial charge in [0.25, 0.3) is 5.91 Å². The number of methoxy groups -OCH3 is 2. The van der Waals surface area contributed by atoms with E-state index in [-0.39, 0.29) is 5.91 Å². The monoisotopic (exact) mass is 395 g/mol. The zero-order valence-corrected chi connectivity index (χ0v) is 17.2. The van der Waals surface area contributed by atoms with Gasteiger partial charge in [0.1, 0.15) is 5.82 Å². The van der Waals surface area contributed by atoms with E-state index in [0.717, 1.165) is 18.4 Å². The van der Waals surface area contributed by atoms with Crippen LogP contribution in [0.3, 0.4) is 0 Å². The van der Waals surface area contributed by atoms with E-state index < -0.39 is 0 Å². The maximum Gasteiger partial charge on any atom is 0.252 e. The lowest BCUT2D eigenvalue weighted by Gasteiger charge is -2.13. The van der Waals surface area contributed by atoms with Crippen molar-refractivity contribution in [2.75, 3.05) is 26.1 Å². The van der Waals surface area contributed by atoms with Crippen LogP contribution in [-0.4, -0.2) is 31.7 Å². The van der Waals surface area contributed by atoms with Gasteiger partial charge in [0.2, 0.25) is 0 Å². The van der Waals surface area contributed by atoms with Crippen LogP contribution in [0.5, 0.6) is 11.5 Å². The third-order valence-electron chi connectivity index (χ3n) is 5.06. The molecule has 1 amide bonds. The van der Waals surface area contributed by atoms with E-state index in [2.05, 4.69) is 21.7 Å². The Morgan fingerprint density at radius 1 is 1.10 bits per heavy atom. The van der Waals surface area contributed by atoms with Crippen molar-refractivity contribution in [1.29, 1.82) is 0 Å². The summed E-state index contributed by atoms with van der Waals surface area (Å²) in [4.78, 5) is 16.6. The Hall–Kier alpha value is -3.02. The van der Waals surface area contributed by atoms with Gasteiger partial charge in [-0.2, -0.15) is 0 Å². The number of allylic oxidation sites excluding steroid dienone is 1. The normalized spacial score (nSPS) is 13.4. The number of nitrogens with zero attached hydrogens (tertiary/aromatic N) is 1. The maximum atomic E-state index is 12.3. The minimum absolute atomic E-state index is 0.0830. The summed E-state index contributed by atoms with van der Waals surface area (Å²) in [6, 6.07) is 9.38. The second-order valence-electron chi connectivity index (χ2n) is 7.09. The molecule has 0 aliphatic heterocycles. The summed E-state index contributed by atoms with van der Waals surface area (Å²) in [5.41, 5.74) is 3.08. The lowest BCUT2D eigenvalue weighted by Crippen LogP contribution is -2.25. The molecular weight excluding hydrogens is 366 g/mol. The van der Waals surface area contributed by atoms with E-state index in [1.807, 2.05) is 24.3 Å². The average Bonchev–Trinajstić information content (AvgIpc) is 2.78. The Kier molecular flexibility index (Phi) is 7.50. The smallest absolute Gasteiger partial charge is 0.252 e. The topological polar surface area (TPSA) is 72.5 Å². The standard InChI is InChI=1S/C23H29N3O3/c1-28-20-10-8-18(14-21(20)29-2)15-25-22-11-9-19(16-26-22)23(27)24-13-12-17-6-4-3-5-7-17/h6,8-11,14,16H,3-5,7,12-13,15H2,1-2H3,(H,24,27)(H,25,26). The third kappa shape index (κ3) is 5.98. The van der Waals surface area contributed by atoms with E-state index in [0.29, 0.717) is 36.0 Å². The minimum atomic E-state index is -0.0830. The van der Waals surface area contributed by atoms with Gasteiger partial charge in [-0.15, -0.1) is 0 Å². The molecule has 6 nitrogen and oxygen atoms in total. The molecule has 1 aromatic heterocycles. The van der Waals surface area contributed by atoms with Crippen molar-refractivity contribution in [1.82, 2.24) is 10.3 Å². The predicted octanol–water partition coefficient (Wildman–Crippen LogP) is 4.33. The molecule has 6 heteroatoms. The van der Waals surface area contributed by atoms with Gasteiger partial charge in [-0.25, -0.2) is 4.98 Å². The molecule has 1 aliphatic carbocycles. The largest absolute Gasteiger partial charge is 0.493 e. The van der Waals surface area contributed by atoms with Crippen LogP contribution in [0, 0.1) is 0 Å². The van der Waals surface area contributed by atoms with Crippen LogP contribution in [0.4, 0.5) is 5.82 Å². The number of aromatic nitrogens is 1. The van der Waals surface area contributed by atoms with E-state index in [4.69, 9.17) is 9.47 Å². The number of amides is 1. The average molecular weight is 396 g/mol. The van der Waals surface area contributed by atoms with Crippen LogP contribution in [0.15, 0.2) is 48.2 Å². The first-order chi connectivity index (χ1) is 14.2. The molecular formula is C23H29N3O3. The second kappa shape index (κ2) is 10.5. The van der Waals surface area contributed by atoms with Crippen LogP contribution in [0.2, 0.25) is 0 Å². The number of hydrogen-bond acceptors (Lipinski definition) is 5. The lowest BCUT2D eigenvalue weighted by atomic mass is 9.97. The minimum Gasteiger partial charge on any atom is -0.493 e. The first kappa shape index (κ1) is 20.7. The summed E-state index contributed by atoms with van der Waals surface area (Å²) in [7, 11) is 3.23. The van der Waals surface area contributed by atoms with Crippen LogP contribution in [0.25, 0.3) is 0 Å². The second-order valence-corrected chi connectivity index (χ2v) is 7.09. The van der Waals surface area contributed by atoms with Crippen molar-refractivity contribution in [2.45, 2.75) is 38.6 Å². The zero-order chi connectivity index (χ0) is 20.5. The molecule has 154 valence electrons. The van der Waals surface area contributed by atoms with Gasteiger partial charge in [-0.3, -0.25) is 4.79 Å². The highest BCUT2D eigenvalue weighted by atomic mass is 16.5. The molecule has 0 spiro atoms. The summed E-state index contributed by atoms with van der Waals surface area (Å²) in [6.07, 6.45) is 9.74. The number of ether oxygens (including phenoxy) is 2. The fourth-order valence-corrected chi connectivity index (χ4v) is 3.39. The van der Waals surface area contributed by atoms with Crippen LogP contribution in [0.1, 0.15) is 48.0 Å². The molecule has 0 bridgehead atoms. The highest BCUT2D eigenvalue weighted by molar-refractivity contribution is 5.94. The highest BCUT2D eigenvalue weighted by Crippen LogP contribution is 2.27. The van der Waals surface area contributed by atoms with Gasteiger partial charge in [-0.05, 0) is 61.9 Å². The van der Waals surface area contributed by atoms with Crippen molar-refractivity contribution < 1.29 is 14.3 Å². The fourth-order valence-electron chi connectivity index (χ4n) is 3.39. The summed E-state index contributed by atoms with van der Waals surface area (Å²) < 4.78 is 10.6. The fraction of sp³-hybridized carbons (Fsp3) is 0.391. The van der Waals surface area contributed by atoms with Crippen molar-refractivity contribution in [3.8, 4) is 11.5 Å². The molecule has 1 heterocycles. The number of pyridine rings is 1. The summed E-state index contributed by atoms with van der Waals surface area (Å²) in [5.74, 6) is 2.02. The summed E-state index contributed by atoms with van der Waals surface area (Å²) >= 11 is 0. The predicted molar refractivity (Wildman–Crippen MR) is 115 cm³/mol. The summed E-state index contributed by atoms with van der Waals surface area (Å²) in [5, 5.41) is 6.24. The number of benzene rings is 1. The number of nitrogens with one attached hydrogen (secondary N) is 2. The summed E-state index contributed by atoms with van der Waals surface area (Å²) in [6.45, 7) is 1.26. The van der Waals surface area contributed by atoms with E-state index in [9.17, 15) is 4.79 Å². The van der Waals surface area contributed by atoms with Gasteiger partial charge >= 0.3 is 0 Å². The Morgan fingerprint density at radius 3 is 2.66 bits per heavy atom. The molecule has 0 saturated carbocycles. The molecule has 1 aromatic carbocycles. The van der Waals surface area contributed by atoms with Gasteiger partial charge in [-0.1, -0.05) is 17.7 Å². The SMILES string of the molecule is COc1ccc(CNc2ccc(C(=O)NCCC3=CCCCC3)cn2)cc1OC. The van der Waals surface area contributed by atoms with Crippen LogP contribution < -0.4 is 20.1 Å². The highest BCUT2D eigenvalue weighted by Gasteiger charge is 2.08. The Bertz CT molecular complexity index is 847. The molecule has 0 saturated heterocycles. The van der Waals surface area contributed by atoms with E-state index >= 15 is 0 Å². The quantitative estimate of drug-likeness (QED) is 0.618. The Balaban J connectivity index is 1.48. The third-order valence-corrected chi connectivity index (χ3v) is 5.06. The number of carbonyl (C=O) groups excluding carboxylic acids is 1. The van der Waals surface area contributed by atoms with Crippen molar-refractivity contribution in [3.63, 3.8) is 0 Å². The molecule has 2 aromatic rings. The van der Waals surface area contributed by atoms with Gasteiger partial charge in [0.15, 0.2) is 11.5 Å². The van der Waals surface area contributed by atoms with Crippen molar-refractivity contribution in [2.24, 2.45) is 0 Å². The number of hydrogen-bond donors (Lipinski definition) is 2. The van der Waals surface area contributed by atoms with Crippen LogP contribution in [-0.2, 0) is 6.54 Å². The Morgan fingerprint density at radius 2 is 1.97 bits per heavy atom. The maximum absolute atomic E-state index is 12.3. The van der Waals surface area contributed by atoms with Crippen molar-refractivity contribution >= 4 is 11.7 Å². The van der Waals surface area contributed by atoms with Gasteiger partial charge in [0, 0.05) is 19.3 Å². The molecule has 29 heavy (non-hydrogen) atoms. The first-order valence-electron chi connectivity index (χ1n) is 10.1. The van der Waals surface area contributed by atoms with Gasteiger partial charge < -0.3 is 20.1 Å². The molecule has 3 rings (SSSR count). The molecule has 2 N–H and O–H groups in total. The van der Waals surface area contributed by atoms with Crippen LogP contribution >= 0.6 is 0 Å². The first-order valence-corrected chi connectivity index (χ1v) is 10.1. The van der Waals surface area contributed by atoms with E-state index in [1.54, 1.807) is 26.5 Å². The number of carbonyl (C=O) groups is 1. The molecule has 0 fully saturated rings. The lowest BCUT2D eigenvalue weighted by molar-refractivity contribution is 0.0953. The van der Waals surface area contributed by atoms with Crippen molar-refractivity contribution in [3.05, 3.63) is 59.3 Å². The number of anilines is 1. The Labute approximate surface area is 172 Å². The van der Waals surface area contributed by atoms with Gasteiger partial charge in [0.05, 0.1) is 19.8 Å². The molecule has 1 aliphatic rings. The molecule has 0 unspecified atom stereocenters. The number of rotatable bonds is 9.